The van der Waals surface area contributed by atoms with Crippen molar-refractivity contribution in [1.82, 2.24) is 5.32 Å². The van der Waals surface area contributed by atoms with Crippen molar-refractivity contribution in [3.8, 4) is 0 Å². The van der Waals surface area contributed by atoms with Crippen molar-refractivity contribution in [2.24, 2.45) is 0 Å². The Morgan fingerprint density at radius 2 is 1.72 bits per heavy atom. The number of amides is 1. The maximum atomic E-state index is 11.9. The normalized spacial score (nSPS) is 10.1. The Morgan fingerprint density at radius 3 is 2.39 bits per heavy atom. The van der Waals surface area contributed by atoms with Crippen molar-refractivity contribution >= 4 is 37.8 Å². The second-order valence-corrected chi connectivity index (χ2v) is 5.65. The van der Waals surface area contributed by atoms with Crippen LogP contribution in [0.4, 0.5) is 0 Å². The van der Waals surface area contributed by atoms with E-state index in [-0.39, 0.29) is 5.91 Å². The van der Waals surface area contributed by atoms with E-state index in [2.05, 4.69) is 37.2 Å². The highest BCUT2D eigenvalue weighted by molar-refractivity contribution is 9.10. The first kappa shape index (κ1) is 13.3. The monoisotopic (exact) mass is 367 g/mol. The molecule has 92 valence electrons. The molecule has 18 heavy (non-hydrogen) atoms. The summed E-state index contributed by atoms with van der Waals surface area (Å²) in [5.74, 6) is -0.0702. The zero-order valence-corrected chi connectivity index (χ0v) is 12.7. The van der Waals surface area contributed by atoms with Gasteiger partial charge < -0.3 is 5.32 Å². The minimum absolute atomic E-state index is 0.0702. The Kier molecular flexibility index (Phi) is 4.55. The van der Waals surface area contributed by atoms with Crippen LogP contribution in [-0.2, 0) is 6.54 Å². The molecule has 1 amide bonds. The fourth-order valence-corrected chi connectivity index (χ4v) is 2.18. The highest BCUT2D eigenvalue weighted by Gasteiger charge is 2.05. The van der Waals surface area contributed by atoms with Crippen LogP contribution in [0.25, 0.3) is 0 Å². The third kappa shape index (κ3) is 3.68. The molecule has 0 unspecified atom stereocenters. The third-order valence-corrected chi connectivity index (χ3v) is 3.48. The van der Waals surface area contributed by atoms with Gasteiger partial charge in [0.15, 0.2) is 0 Å². The Balaban J connectivity index is 1.98. The van der Waals surface area contributed by atoms with Crippen molar-refractivity contribution in [3.63, 3.8) is 0 Å². The van der Waals surface area contributed by atoms with Gasteiger partial charge in [0.25, 0.3) is 5.91 Å². The van der Waals surface area contributed by atoms with Crippen molar-refractivity contribution in [3.05, 3.63) is 68.6 Å². The molecule has 0 saturated carbocycles. The van der Waals surface area contributed by atoms with Gasteiger partial charge in [0, 0.05) is 21.1 Å². The van der Waals surface area contributed by atoms with E-state index in [4.69, 9.17) is 0 Å². The summed E-state index contributed by atoms with van der Waals surface area (Å²) in [6.07, 6.45) is 0. The molecule has 0 bridgehead atoms. The summed E-state index contributed by atoms with van der Waals surface area (Å²) in [5, 5.41) is 2.89. The van der Waals surface area contributed by atoms with E-state index in [1.54, 1.807) is 12.1 Å². The average molecular weight is 369 g/mol. The summed E-state index contributed by atoms with van der Waals surface area (Å²) in [6.45, 7) is 0.526. The third-order valence-electron chi connectivity index (χ3n) is 2.45. The van der Waals surface area contributed by atoms with Crippen LogP contribution in [0.3, 0.4) is 0 Å². The van der Waals surface area contributed by atoms with Crippen LogP contribution in [-0.4, -0.2) is 5.91 Å². The standard InChI is InChI=1S/C14H11Br2NO/c15-12-6-4-10(5-7-12)9-17-14(18)11-2-1-3-13(16)8-11/h1-8H,9H2,(H,17,18). The van der Waals surface area contributed by atoms with Gasteiger partial charge in [0.1, 0.15) is 0 Å². The molecule has 0 atom stereocenters. The molecule has 0 radical (unpaired) electrons. The lowest BCUT2D eigenvalue weighted by molar-refractivity contribution is 0.0951. The summed E-state index contributed by atoms with van der Waals surface area (Å²) in [6, 6.07) is 15.2. The number of hydrogen-bond donors (Lipinski definition) is 1. The highest BCUT2D eigenvalue weighted by atomic mass is 79.9. The van der Waals surface area contributed by atoms with E-state index in [0.717, 1.165) is 14.5 Å². The largest absolute Gasteiger partial charge is 0.348 e. The van der Waals surface area contributed by atoms with Crippen LogP contribution < -0.4 is 5.32 Å². The molecule has 2 aromatic rings. The van der Waals surface area contributed by atoms with Crippen molar-refractivity contribution < 1.29 is 4.79 Å². The molecule has 0 aliphatic rings. The zero-order valence-electron chi connectivity index (χ0n) is 9.49. The zero-order chi connectivity index (χ0) is 13.0. The maximum Gasteiger partial charge on any atom is 0.251 e. The molecule has 0 aromatic heterocycles. The molecule has 0 aliphatic carbocycles. The first-order chi connectivity index (χ1) is 8.65. The van der Waals surface area contributed by atoms with E-state index >= 15 is 0 Å². The van der Waals surface area contributed by atoms with Gasteiger partial charge in [-0.2, -0.15) is 0 Å². The van der Waals surface area contributed by atoms with Gasteiger partial charge in [-0.1, -0.05) is 50.1 Å². The average Bonchev–Trinajstić information content (AvgIpc) is 2.38. The molecule has 2 rings (SSSR count). The van der Waals surface area contributed by atoms with E-state index in [0.29, 0.717) is 12.1 Å². The highest BCUT2D eigenvalue weighted by Crippen LogP contribution is 2.12. The number of carbonyl (C=O) groups is 1. The smallest absolute Gasteiger partial charge is 0.251 e. The van der Waals surface area contributed by atoms with Gasteiger partial charge in [0.2, 0.25) is 0 Å². The lowest BCUT2D eigenvalue weighted by Crippen LogP contribution is -2.22. The minimum atomic E-state index is -0.0702. The van der Waals surface area contributed by atoms with Gasteiger partial charge in [-0.25, -0.2) is 0 Å². The fourth-order valence-electron chi connectivity index (χ4n) is 1.52. The predicted octanol–water partition coefficient (Wildman–Crippen LogP) is 4.14. The van der Waals surface area contributed by atoms with E-state index in [9.17, 15) is 4.79 Å². The molecular weight excluding hydrogens is 358 g/mol. The molecule has 2 nitrogen and oxygen atoms in total. The summed E-state index contributed by atoms with van der Waals surface area (Å²) >= 11 is 6.73. The maximum absolute atomic E-state index is 11.9. The van der Waals surface area contributed by atoms with Gasteiger partial charge in [-0.05, 0) is 35.9 Å². The van der Waals surface area contributed by atoms with Gasteiger partial charge in [-0.15, -0.1) is 0 Å². The first-order valence-electron chi connectivity index (χ1n) is 5.43. The molecule has 4 heteroatoms. The molecule has 0 heterocycles. The Hall–Kier alpha value is -1.13. The minimum Gasteiger partial charge on any atom is -0.348 e. The van der Waals surface area contributed by atoms with Crippen molar-refractivity contribution in [1.29, 1.82) is 0 Å². The van der Waals surface area contributed by atoms with Crippen LogP contribution in [0.5, 0.6) is 0 Å². The predicted molar refractivity (Wildman–Crippen MR) is 79.5 cm³/mol. The second-order valence-electron chi connectivity index (χ2n) is 3.82. The molecule has 2 aromatic carbocycles. The summed E-state index contributed by atoms with van der Waals surface area (Å²) < 4.78 is 1.93. The van der Waals surface area contributed by atoms with Crippen LogP contribution in [0.2, 0.25) is 0 Å². The molecule has 0 saturated heterocycles. The second kappa shape index (κ2) is 6.16. The molecular formula is C14H11Br2NO. The van der Waals surface area contributed by atoms with Crippen molar-refractivity contribution in [2.45, 2.75) is 6.54 Å². The number of carbonyl (C=O) groups excluding carboxylic acids is 1. The Labute approximate surface area is 123 Å². The lowest BCUT2D eigenvalue weighted by atomic mass is 10.2. The van der Waals surface area contributed by atoms with Crippen LogP contribution in [0, 0.1) is 0 Å². The number of nitrogens with one attached hydrogen (secondary N) is 1. The first-order valence-corrected chi connectivity index (χ1v) is 7.02. The number of hydrogen-bond acceptors (Lipinski definition) is 1. The SMILES string of the molecule is O=C(NCc1ccc(Br)cc1)c1cccc(Br)c1. The molecule has 0 spiro atoms. The number of rotatable bonds is 3. The molecule has 1 N–H and O–H groups in total. The molecule has 0 fully saturated rings. The summed E-state index contributed by atoms with van der Waals surface area (Å²) in [4.78, 5) is 11.9. The van der Waals surface area contributed by atoms with Gasteiger partial charge >= 0.3 is 0 Å². The Bertz CT molecular complexity index is 552. The van der Waals surface area contributed by atoms with Gasteiger partial charge in [-0.3, -0.25) is 4.79 Å². The van der Waals surface area contributed by atoms with E-state index in [1.165, 1.54) is 0 Å². The summed E-state index contributed by atoms with van der Waals surface area (Å²) in [5.41, 5.74) is 1.73. The quantitative estimate of drug-likeness (QED) is 0.866. The van der Waals surface area contributed by atoms with Crippen LogP contribution in [0.1, 0.15) is 15.9 Å². The fraction of sp³-hybridized carbons (Fsp3) is 0.0714. The number of benzene rings is 2. The van der Waals surface area contributed by atoms with Crippen LogP contribution in [0.15, 0.2) is 57.5 Å². The van der Waals surface area contributed by atoms with Gasteiger partial charge in [0.05, 0.1) is 0 Å². The van der Waals surface area contributed by atoms with Crippen molar-refractivity contribution in [2.75, 3.05) is 0 Å². The number of halogens is 2. The lowest BCUT2D eigenvalue weighted by Gasteiger charge is -2.06. The summed E-state index contributed by atoms with van der Waals surface area (Å²) in [7, 11) is 0. The molecule has 0 aliphatic heterocycles. The van der Waals surface area contributed by atoms with E-state index in [1.807, 2.05) is 36.4 Å². The van der Waals surface area contributed by atoms with Crippen LogP contribution >= 0.6 is 31.9 Å². The topological polar surface area (TPSA) is 29.1 Å². The Morgan fingerprint density at radius 1 is 1.00 bits per heavy atom. The van der Waals surface area contributed by atoms with E-state index < -0.39 is 0 Å².